The Morgan fingerprint density at radius 1 is 1.05 bits per heavy atom. The molecule has 0 saturated carbocycles. The smallest absolute Gasteiger partial charge is 0.323 e. The monoisotopic (exact) mass is 555 g/mol. The Morgan fingerprint density at radius 3 is 2.38 bits per heavy atom. The minimum atomic E-state index is -0.504. The van der Waals surface area contributed by atoms with Crippen molar-refractivity contribution in [3.8, 4) is 11.3 Å². The predicted molar refractivity (Wildman–Crippen MR) is 157 cm³/mol. The molecule has 1 aromatic carbocycles. The van der Waals surface area contributed by atoms with Crippen molar-refractivity contribution in [1.82, 2.24) is 10.3 Å². The number of anilines is 1. The number of carbonyl (C=O) groups is 2. The molecular formula is C31H45N3O4S. The molecule has 4 rings (SSSR count). The van der Waals surface area contributed by atoms with Gasteiger partial charge in [0.1, 0.15) is 6.04 Å². The second-order valence-corrected chi connectivity index (χ2v) is 13.0. The van der Waals surface area contributed by atoms with E-state index in [-0.39, 0.29) is 35.2 Å². The molecule has 1 unspecified atom stereocenters. The van der Waals surface area contributed by atoms with Crippen molar-refractivity contribution in [2.45, 2.75) is 103 Å². The third kappa shape index (κ3) is 7.01. The third-order valence-corrected chi connectivity index (χ3v) is 9.26. The van der Waals surface area contributed by atoms with Gasteiger partial charge in [0.25, 0.3) is 0 Å². The molecule has 1 saturated heterocycles. The van der Waals surface area contributed by atoms with Gasteiger partial charge in [-0.15, -0.1) is 11.3 Å². The maximum Gasteiger partial charge on any atom is 0.323 e. The average Bonchev–Trinajstić information content (AvgIpc) is 3.40. The van der Waals surface area contributed by atoms with Crippen LogP contribution in [0.25, 0.3) is 11.3 Å². The van der Waals surface area contributed by atoms with E-state index >= 15 is 0 Å². The normalized spacial score (nSPS) is 19.3. The predicted octanol–water partition coefficient (Wildman–Crippen LogP) is 5.99. The van der Waals surface area contributed by atoms with Crippen LogP contribution in [0, 0.1) is 0 Å². The number of carbonyl (C=O) groups excluding carboxylic acids is 2. The highest BCUT2D eigenvalue weighted by Gasteiger charge is 2.37. The summed E-state index contributed by atoms with van der Waals surface area (Å²) >= 11 is 1.70. The van der Waals surface area contributed by atoms with Gasteiger partial charge in [-0.2, -0.15) is 0 Å². The first-order valence-corrected chi connectivity index (χ1v) is 15.4. The highest BCUT2D eigenvalue weighted by Crippen LogP contribution is 2.47. The standard InChI is InChI=1S/C31H45N3O4S/c1-7-37-27(35)12-11-25(28(36)38-8-2)32-22-13-17-34(18-14-22)29-33-26(20-39-29)21-9-10-23-24(19-21)31(5,6)16-15-30(23,3)4/h9-10,19-20,22,25,32H,7-8,11-18H2,1-6H3. The Kier molecular flexibility index (Phi) is 9.37. The molecule has 0 radical (unpaired) electrons. The number of esters is 2. The van der Waals surface area contributed by atoms with Crippen LogP contribution in [0.3, 0.4) is 0 Å². The van der Waals surface area contributed by atoms with Crippen LogP contribution in [0.15, 0.2) is 23.6 Å². The number of fused-ring (bicyclic) bond motifs is 1. The fraction of sp³-hybridized carbons (Fsp3) is 0.645. The number of nitrogens with zero attached hydrogens (tertiary/aromatic N) is 2. The van der Waals surface area contributed by atoms with Crippen LogP contribution in [0.5, 0.6) is 0 Å². The number of aromatic nitrogens is 1. The number of ether oxygens (including phenoxy) is 2. The first-order chi connectivity index (χ1) is 18.5. The molecule has 8 heteroatoms. The first-order valence-electron chi connectivity index (χ1n) is 14.5. The van der Waals surface area contributed by atoms with Gasteiger partial charge in [0.05, 0.1) is 18.9 Å². The molecule has 0 spiro atoms. The highest BCUT2D eigenvalue weighted by molar-refractivity contribution is 7.14. The van der Waals surface area contributed by atoms with Crippen LogP contribution < -0.4 is 10.2 Å². The summed E-state index contributed by atoms with van der Waals surface area (Å²) in [5.41, 5.74) is 5.54. The summed E-state index contributed by atoms with van der Waals surface area (Å²) in [6.45, 7) is 15.4. The van der Waals surface area contributed by atoms with Crippen molar-refractivity contribution < 1.29 is 19.1 Å². The molecule has 1 aliphatic heterocycles. The summed E-state index contributed by atoms with van der Waals surface area (Å²) in [6, 6.07) is 6.61. The van der Waals surface area contributed by atoms with Crippen molar-refractivity contribution in [1.29, 1.82) is 0 Å². The van der Waals surface area contributed by atoms with E-state index in [4.69, 9.17) is 14.5 Å². The lowest BCUT2D eigenvalue weighted by molar-refractivity contribution is -0.147. The third-order valence-electron chi connectivity index (χ3n) is 8.36. The van der Waals surface area contributed by atoms with Crippen molar-refractivity contribution >= 4 is 28.4 Å². The molecule has 2 aromatic rings. The number of rotatable bonds is 10. The largest absolute Gasteiger partial charge is 0.466 e. The van der Waals surface area contributed by atoms with Gasteiger partial charge < -0.3 is 19.7 Å². The molecule has 1 aromatic heterocycles. The molecule has 214 valence electrons. The van der Waals surface area contributed by atoms with Gasteiger partial charge in [-0.3, -0.25) is 9.59 Å². The summed E-state index contributed by atoms with van der Waals surface area (Å²) < 4.78 is 10.3. The number of benzene rings is 1. The molecule has 0 amide bonds. The minimum absolute atomic E-state index is 0.173. The topological polar surface area (TPSA) is 80.8 Å². The molecule has 1 fully saturated rings. The van der Waals surface area contributed by atoms with Crippen molar-refractivity contribution in [3.05, 3.63) is 34.7 Å². The Hall–Kier alpha value is -2.45. The van der Waals surface area contributed by atoms with E-state index < -0.39 is 6.04 Å². The van der Waals surface area contributed by atoms with Crippen molar-refractivity contribution in [3.63, 3.8) is 0 Å². The molecule has 1 atom stereocenters. The molecule has 1 aliphatic carbocycles. The number of piperidine rings is 1. The summed E-state index contributed by atoms with van der Waals surface area (Å²) in [4.78, 5) is 31.7. The number of thiazole rings is 1. The van der Waals surface area contributed by atoms with E-state index in [0.717, 1.165) is 36.8 Å². The zero-order valence-corrected chi connectivity index (χ0v) is 25.3. The molecule has 2 heterocycles. The lowest BCUT2D eigenvalue weighted by Gasteiger charge is -2.42. The van der Waals surface area contributed by atoms with Gasteiger partial charge >= 0.3 is 11.9 Å². The molecule has 7 nitrogen and oxygen atoms in total. The zero-order chi connectivity index (χ0) is 28.2. The summed E-state index contributed by atoms with van der Waals surface area (Å²) in [6.07, 6.45) is 4.77. The maximum atomic E-state index is 12.5. The number of nitrogens with one attached hydrogen (secondary N) is 1. The van der Waals surface area contributed by atoms with E-state index in [1.165, 1.54) is 29.5 Å². The van der Waals surface area contributed by atoms with E-state index in [9.17, 15) is 9.59 Å². The second-order valence-electron chi connectivity index (χ2n) is 12.1. The molecule has 2 aliphatic rings. The Labute approximate surface area is 237 Å². The SMILES string of the molecule is CCOC(=O)CCC(NC1CCN(c2nc(-c3ccc4c(c3)C(C)(C)CCC4(C)C)cs2)CC1)C(=O)OCC. The van der Waals surface area contributed by atoms with Crippen LogP contribution in [0.2, 0.25) is 0 Å². The molecule has 0 bridgehead atoms. The van der Waals surface area contributed by atoms with Crippen LogP contribution >= 0.6 is 11.3 Å². The van der Waals surface area contributed by atoms with Crippen molar-refractivity contribution in [2.24, 2.45) is 0 Å². The van der Waals surface area contributed by atoms with Gasteiger partial charge in [0.15, 0.2) is 5.13 Å². The van der Waals surface area contributed by atoms with E-state index in [2.05, 4.69) is 61.5 Å². The zero-order valence-electron chi connectivity index (χ0n) is 24.5. The Bertz CT molecular complexity index is 1150. The van der Waals surface area contributed by atoms with Gasteiger partial charge in [0.2, 0.25) is 0 Å². The second kappa shape index (κ2) is 12.4. The molecule has 1 N–H and O–H groups in total. The fourth-order valence-electron chi connectivity index (χ4n) is 5.82. The van der Waals surface area contributed by atoms with Gasteiger partial charge in [-0.05, 0) is 74.0 Å². The van der Waals surface area contributed by atoms with Crippen LogP contribution in [0.1, 0.15) is 91.2 Å². The first kappa shape index (κ1) is 29.5. The fourth-order valence-corrected chi connectivity index (χ4v) is 6.71. The van der Waals surface area contributed by atoms with Crippen LogP contribution in [0.4, 0.5) is 5.13 Å². The van der Waals surface area contributed by atoms with Gasteiger partial charge in [0, 0.05) is 36.5 Å². The Balaban J connectivity index is 1.38. The van der Waals surface area contributed by atoms with Crippen LogP contribution in [-0.4, -0.2) is 55.3 Å². The maximum absolute atomic E-state index is 12.5. The molecular weight excluding hydrogens is 510 g/mol. The number of hydrogen-bond donors (Lipinski definition) is 1. The van der Waals surface area contributed by atoms with Gasteiger partial charge in [-0.25, -0.2) is 4.98 Å². The summed E-state index contributed by atoms with van der Waals surface area (Å²) in [5.74, 6) is -0.584. The lowest BCUT2D eigenvalue weighted by Crippen LogP contribution is -2.49. The van der Waals surface area contributed by atoms with E-state index in [1.807, 2.05) is 0 Å². The van der Waals surface area contributed by atoms with E-state index in [0.29, 0.717) is 19.6 Å². The van der Waals surface area contributed by atoms with E-state index in [1.54, 1.807) is 25.2 Å². The van der Waals surface area contributed by atoms with Gasteiger partial charge in [-0.1, -0.05) is 39.8 Å². The minimum Gasteiger partial charge on any atom is -0.466 e. The quantitative estimate of drug-likeness (QED) is 0.361. The van der Waals surface area contributed by atoms with Crippen LogP contribution in [-0.2, 0) is 29.9 Å². The molecule has 39 heavy (non-hydrogen) atoms. The summed E-state index contributed by atoms with van der Waals surface area (Å²) in [5, 5.41) is 6.68. The average molecular weight is 556 g/mol. The number of hydrogen-bond acceptors (Lipinski definition) is 8. The van der Waals surface area contributed by atoms with Crippen molar-refractivity contribution in [2.75, 3.05) is 31.2 Å². The summed E-state index contributed by atoms with van der Waals surface area (Å²) in [7, 11) is 0. The lowest BCUT2D eigenvalue weighted by atomic mass is 9.63. The highest BCUT2D eigenvalue weighted by atomic mass is 32.1. The Morgan fingerprint density at radius 2 is 1.72 bits per heavy atom.